The molecular formula is C13H19NO2S. The first kappa shape index (κ1) is 12.6. The molecular weight excluding hydrogens is 234 g/mol. The number of carbonyl (C=O) groups excluding carboxylic acids is 1. The molecule has 0 N–H and O–H groups in total. The Morgan fingerprint density at radius 2 is 2.41 bits per heavy atom. The Labute approximate surface area is 106 Å². The Kier molecular flexibility index (Phi) is 4.18. The molecule has 1 aliphatic heterocycles. The van der Waals surface area contributed by atoms with Crippen LogP contribution in [-0.2, 0) is 16.0 Å². The third kappa shape index (κ3) is 3.30. The number of hydrogen-bond donors (Lipinski definition) is 0. The number of nitrogens with zero attached hydrogens (tertiary/aromatic N) is 1. The highest BCUT2D eigenvalue weighted by molar-refractivity contribution is 7.09. The zero-order valence-corrected chi connectivity index (χ0v) is 11.2. The van der Waals surface area contributed by atoms with Gasteiger partial charge in [-0.25, -0.2) is 0 Å². The second kappa shape index (κ2) is 5.65. The number of thiophene rings is 1. The number of hydrogen-bond acceptors (Lipinski definition) is 3. The first-order chi connectivity index (χ1) is 8.16. The van der Waals surface area contributed by atoms with Crippen LogP contribution in [0.1, 0.15) is 25.1 Å². The van der Waals surface area contributed by atoms with Crippen molar-refractivity contribution in [3.63, 3.8) is 0 Å². The standard InChI is InChI=1S/C13H19NO2S/c1-10-9-16-11(2)8-14(10)13(15)6-5-12-4-3-7-17-12/h3-4,7,10-11H,5-6,8-9H2,1-2H3. The second-order valence-corrected chi connectivity index (χ2v) is 5.65. The van der Waals surface area contributed by atoms with Gasteiger partial charge in [0.15, 0.2) is 0 Å². The molecule has 1 saturated heterocycles. The molecule has 3 nitrogen and oxygen atoms in total. The van der Waals surface area contributed by atoms with Crippen molar-refractivity contribution in [2.75, 3.05) is 13.2 Å². The van der Waals surface area contributed by atoms with E-state index >= 15 is 0 Å². The highest BCUT2D eigenvalue weighted by Crippen LogP contribution is 2.16. The quantitative estimate of drug-likeness (QED) is 0.827. The summed E-state index contributed by atoms with van der Waals surface area (Å²) in [5.41, 5.74) is 0. The molecule has 0 radical (unpaired) electrons. The van der Waals surface area contributed by atoms with Gasteiger partial charge in [-0.2, -0.15) is 0 Å². The van der Waals surface area contributed by atoms with Gasteiger partial charge in [0.2, 0.25) is 5.91 Å². The zero-order valence-electron chi connectivity index (χ0n) is 10.4. The van der Waals surface area contributed by atoms with Crippen LogP contribution in [0, 0.1) is 0 Å². The Hall–Kier alpha value is -0.870. The van der Waals surface area contributed by atoms with Gasteiger partial charge in [0.25, 0.3) is 0 Å². The number of carbonyl (C=O) groups is 1. The monoisotopic (exact) mass is 253 g/mol. The summed E-state index contributed by atoms with van der Waals surface area (Å²) in [6, 6.07) is 4.33. The SMILES string of the molecule is CC1CN(C(=O)CCc2cccs2)C(C)CO1. The molecule has 0 bridgehead atoms. The van der Waals surface area contributed by atoms with Crippen molar-refractivity contribution in [2.24, 2.45) is 0 Å². The third-order valence-electron chi connectivity index (χ3n) is 3.09. The largest absolute Gasteiger partial charge is 0.375 e. The highest BCUT2D eigenvalue weighted by atomic mass is 32.1. The number of ether oxygens (including phenoxy) is 1. The van der Waals surface area contributed by atoms with Crippen LogP contribution in [-0.4, -0.2) is 36.1 Å². The van der Waals surface area contributed by atoms with Crippen LogP contribution in [0.2, 0.25) is 0 Å². The number of morpholine rings is 1. The van der Waals surface area contributed by atoms with Gasteiger partial charge >= 0.3 is 0 Å². The molecule has 94 valence electrons. The lowest BCUT2D eigenvalue weighted by Crippen LogP contribution is -2.50. The van der Waals surface area contributed by atoms with Crippen LogP contribution >= 0.6 is 11.3 Å². The van der Waals surface area contributed by atoms with Crippen molar-refractivity contribution in [1.29, 1.82) is 0 Å². The van der Waals surface area contributed by atoms with E-state index in [1.807, 2.05) is 17.9 Å². The van der Waals surface area contributed by atoms with E-state index in [4.69, 9.17) is 4.74 Å². The Morgan fingerprint density at radius 3 is 3.12 bits per heavy atom. The lowest BCUT2D eigenvalue weighted by atomic mass is 10.1. The van der Waals surface area contributed by atoms with Crippen LogP contribution < -0.4 is 0 Å². The minimum Gasteiger partial charge on any atom is -0.375 e. The molecule has 2 heterocycles. The van der Waals surface area contributed by atoms with Crippen LogP contribution in [0.5, 0.6) is 0 Å². The zero-order chi connectivity index (χ0) is 12.3. The van der Waals surface area contributed by atoms with E-state index in [2.05, 4.69) is 18.4 Å². The highest BCUT2D eigenvalue weighted by Gasteiger charge is 2.26. The molecule has 2 atom stereocenters. The molecule has 2 rings (SSSR count). The summed E-state index contributed by atoms with van der Waals surface area (Å²) in [5.74, 6) is 0.251. The van der Waals surface area contributed by atoms with Crippen LogP contribution in [0.25, 0.3) is 0 Å². The van der Waals surface area contributed by atoms with Gasteiger partial charge in [0, 0.05) is 17.8 Å². The van der Waals surface area contributed by atoms with Crippen molar-refractivity contribution >= 4 is 17.2 Å². The summed E-state index contributed by atoms with van der Waals surface area (Å²) in [4.78, 5) is 15.4. The van der Waals surface area contributed by atoms with E-state index in [-0.39, 0.29) is 18.1 Å². The summed E-state index contributed by atoms with van der Waals surface area (Å²) in [6.45, 7) is 5.46. The predicted molar refractivity (Wildman–Crippen MR) is 69.2 cm³/mol. The van der Waals surface area contributed by atoms with Crippen molar-refractivity contribution in [3.05, 3.63) is 22.4 Å². The van der Waals surface area contributed by atoms with E-state index in [1.54, 1.807) is 11.3 Å². The maximum Gasteiger partial charge on any atom is 0.223 e. The Balaban J connectivity index is 1.86. The Morgan fingerprint density at radius 1 is 1.59 bits per heavy atom. The maximum atomic E-state index is 12.1. The van der Waals surface area contributed by atoms with Crippen LogP contribution in [0.4, 0.5) is 0 Å². The minimum absolute atomic E-state index is 0.164. The van der Waals surface area contributed by atoms with Crippen molar-refractivity contribution in [2.45, 2.75) is 38.8 Å². The average Bonchev–Trinajstić information content (AvgIpc) is 2.82. The van der Waals surface area contributed by atoms with Gasteiger partial charge in [-0.3, -0.25) is 4.79 Å². The molecule has 1 aliphatic rings. The summed E-state index contributed by atoms with van der Waals surface area (Å²) in [7, 11) is 0. The fourth-order valence-electron chi connectivity index (χ4n) is 2.08. The molecule has 1 fully saturated rings. The topological polar surface area (TPSA) is 29.5 Å². The molecule has 2 unspecified atom stereocenters. The van der Waals surface area contributed by atoms with E-state index in [9.17, 15) is 4.79 Å². The molecule has 0 spiro atoms. The fraction of sp³-hybridized carbons (Fsp3) is 0.615. The van der Waals surface area contributed by atoms with Gasteiger partial charge < -0.3 is 9.64 Å². The molecule has 4 heteroatoms. The number of aryl methyl sites for hydroxylation is 1. The minimum atomic E-state index is 0.164. The van der Waals surface area contributed by atoms with E-state index < -0.39 is 0 Å². The van der Waals surface area contributed by atoms with Crippen LogP contribution in [0.3, 0.4) is 0 Å². The summed E-state index contributed by atoms with van der Waals surface area (Å²) in [5, 5.41) is 2.05. The molecule has 0 aliphatic carbocycles. The molecule has 1 aromatic heterocycles. The van der Waals surface area contributed by atoms with Gasteiger partial charge in [0.05, 0.1) is 18.8 Å². The summed E-state index contributed by atoms with van der Waals surface area (Å²) >= 11 is 1.72. The predicted octanol–water partition coefficient (Wildman–Crippen LogP) is 2.32. The van der Waals surface area contributed by atoms with Gasteiger partial charge in [-0.05, 0) is 31.7 Å². The molecule has 0 aromatic carbocycles. The van der Waals surface area contributed by atoms with Crippen molar-refractivity contribution in [3.8, 4) is 0 Å². The lowest BCUT2D eigenvalue weighted by molar-refractivity contribution is -0.143. The summed E-state index contributed by atoms with van der Waals surface area (Å²) < 4.78 is 5.53. The average molecular weight is 253 g/mol. The van der Waals surface area contributed by atoms with Gasteiger partial charge in [-0.15, -0.1) is 11.3 Å². The molecule has 1 aromatic rings. The van der Waals surface area contributed by atoms with Crippen LogP contribution in [0.15, 0.2) is 17.5 Å². The lowest BCUT2D eigenvalue weighted by Gasteiger charge is -2.36. The fourth-order valence-corrected chi connectivity index (χ4v) is 2.79. The number of rotatable bonds is 3. The first-order valence-electron chi connectivity index (χ1n) is 6.10. The number of amides is 1. The van der Waals surface area contributed by atoms with Gasteiger partial charge in [0.1, 0.15) is 0 Å². The molecule has 1 amide bonds. The van der Waals surface area contributed by atoms with Crippen molar-refractivity contribution < 1.29 is 9.53 Å². The maximum absolute atomic E-state index is 12.1. The normalized spacial score (nSPS) is 24.9. The van der Waals surface area contributed by atoms with E-state index in [0.717, 1.165) is 13.0 Å². The van der Waals surface area contributed by atoms with E-state index in [0.29, 0.717) is 13.0 Å². The summed E-state index contributed by atoms with van der Waals surface area (Å²) in [6.07, 6.45) is 1.63. The second-order valence-electron chi connectivity index (χ2n) is 4.62. The smallest absolute Gasteiger partial charge is 0.223 e. The first-order valence-corrected chi connectivity index (χ1v) is 6.98. The molecule has 17 heavy (non-hydrogen) atoms. The van der Waals surface area contributed by atoms with Crippen molar-refractivity contribution in [1.82, 2.24) is 4.90 Å². The third-order valence-corrected chi connectivity index (χ3v) is 4.03. The molecule has 0 saturated carbocycles. The Bertz CT molecular complexity index is 364. The van der Waals surface area contributed by atoms with E-state index in [1.165, 1.54) is 4.88 Å². The van der Waals surface area contributed by atoms with Gasteiger partial charge in [-0.1, -0.05) is 6.07 Å².